The van der Waals surface area contributed by atoms with E-state index in [1.807, 2.05) is 0 Å². The Bertz CT molecular complexity index is 538. The molecule has 108 valence electrons. The van der Waals surface area contributed by atoms with Crippen LogP contribution in [0.1, 0.15) is 19.8 Å². The fourth-order valence-electron chi connectivity index (χ4n) is 2.00. The van der Waals surface area contributed by atoms with Crippen LogP contribution in [-0.4, -0.2) is 25.5 Å². The molecule has 0 atom stereocenters. The number of nitrogens with one attached hydrogen (secondary N) is 2. The van der Waals surface area contributed by atoms with Gasteiger partial charge in [0, 0.05) is 25.2 Å². The quantitative estimate of drug-likeness (QED) is 0.757. The summed E-state index contributed by atoms with van der Waals surface area (Å²) in [5, 5.41) is 5.50. The summed E-state index contributed by atoms with van der Waals surface area (Å²) < 4.78 is 5.21. The van der Waals surface area contributed by atoms with Gasteiger partial charge in [-0.05, 0) is 25.0 Å². The van der Waals surface area contributed by atoms with Crippen LogP contribution in [0.5, 0.6) is 5.75 Å². The summed E-state index contributed by atoms with van der Waals surface area (Å²) in [5.41, 5.74) is 6.42. The van der Waals surface area contributed by atoms with Gasteiger partial charge >= 0.3 is 0 Å². The summed E-state index contributed by atoms with van der Waals surface area (Å²) in [7, 11) is 1.51. The van der Waals surface area contributed by atoms with Gasteiger partial charge < -0.3 is 21.1 Å². The number of hydrogen-bond acceptors (Lipinski definition) is 4. The Morgan fingerprint density at radius 1 is 1.35 bits per heavy atom. The number of ether oxygens (including phenoxy) is 1. The second-order valence-corrected chi connectivity index (χ2v) is 5.03. The van der Waals surface area contributed by atoms with Crippen LogP contribution in [0.25, 0.3) is 0 Å². The molecule has 0 aliphatic heterocycles. The molecule has 0 radical (unpaired) electrons. The molecule has 6 heteroatoms. The number of rotatable bonds is 5. The monoisotopic (exact) mass is 277 g/mol. The Morgan fingerprint density at radius 3 is 2.55 bits per heavy atom. The number of carbonyl (C=O) groups is 2. The number of carbonyl (C=O) groups excluding carboxylic acids is 2. The van der Waals surface area contributed by atoms with Gasteiger partial charge in [-0.25, -0.2) is 0 Å². The van der Waals surface area contributed by atoms with Crippen molar-refractivity contribution in [1.82, 2.24) is 0 Å². The minimum absolute atomic E-state index is 0.0608. The third kappa shape index (κ3) is 2.91. The molecule has 1 aromatic rings. The van der Waals surface area contributed by atoms with Gasteiger partial charge in [0.05, 0.1) is 18.2 Å². The zero-order valence-corrected chi connectivity index (χ0v) is 11.7. The highest BCUT2D eigenvalue weighted by atomic mass is 16.5. The largest absolute Gasteiger partial charge is 0.494 e. The third-order valence-corrected chi connectivity index (χ3v) is 3.50. The smallest absolute Gasteiger partial charge is 0.231 e. The van der Waals surface area contributed by atoms with E-state index in [4.69, 9.17) is 10.5 Å². The average Bonchev–Trinajstić information content (AvgIpc) is 3.21. The van der Waals surface area contributed by atoms with E-state index in [2.05, 4.69) is 10.6 Å². The van der Waals surface area contributed by atoms with Crippen molar-refractivity contribution in [2.24, 2.45) is 11.1 Å². The van der Waals surface area contributed by atoms with Gasteiger partial charge in [0.15, 0.2) is 0 Å². The SMILES string of the molecule is COc1cc(NC(=O)C2(CN)CC2)ccc1NC(C)=O. The average molecular weight is 277 g/mol. The van der Waals surface area contributed by atoms with E-state index in [0.717, 1.165) is 12.8 Å². The van der Waals surface area contributed by atoms with E-state index >= 15 is 0 Å². The fourth-order valence-corrected chi connectivity index (χ4v) is 2.00. The van der Waals surface area contributed by atoms with Gasteiger partial charge in [0.25, 0.3) is 0 Å². The highest BCUT2D eigenvalue weighted by Gasteiger charge is 2.48. The first-order chi connectivity index (χ1) is 9.50. The molecular formula is C14H19N3O3. The van der Waals surface area contributed by atoms with Crippen molar-refractivity contribution in [3.63, 3.8) is 0 Å². The highest BCUT2D eigenvalue weighted by Crippen LogP contribution is 2.45. The van der Waals surface area contributed by atoms with Crippen molar-refractivity contribution >= 4 is 23.2 Å². The molecule has 6 nitrogen and oxygen atoms in total. The number of hydrogen-bond donors (Lipinski definition) is 3. The first-order valence-electron chi connectivity index (χ1n) is 6.48. The lowest BCUT2D eigenvalue weighted by Crippen LogP contribution is -2.30. The molecule has 1 aliphatic carbocycles. The van der Waals surface area contributed by atoms with Gasteiger partial charge in [-0.3, -0.25) is 9.59 Å². The Morgan fingerprint density at radius 2 is 2.05 bits per heavy atom. The highest BCUT2D eigenvalue weighted by molar-refractivity contribution is 5.98. The van der Waals surface area contributed by atoms with Crippen LogP contribution in [0.15, 0.2) is 18.2 Å². The molecule has 0 saturated heterocycles. The lowest BCUT2D eigenvalue weighted by Gasteiger charge is -2.15. The molecule has 0 heterocycles. The zero-order chi connectivity index (χ0) is 14.8. The van der Waals surface area contributed by atoms with Crippen molar-refractivity contribution in [2.75, 3.05) is 24.3 Å². The van der Waals surface area contributed by atoms with E-state index < -0.39 is 5.41 Å². The Kier molecular flexibility index (Phi) is 3.94. The Labute approximate surface area is 117 Å². The maximum Gasteiger partial charge on any atom is 0.231 e. The predicted octanol–water partition coefficient (Wildman–Crippen LogP) is 1.33. The molecule has 1 saturated carbocycles. The maximum absolute atomic E-state index is 12.1. The normalized spacial score (nSPS) is 15.3. The van der Waals surface area contributed by atoms with Crippen LogP contribution in [0.4, 0.5) is 11.4 Å². The first kappa shape index (κ1) is 14.3. The van der Waals surface area contributed by atoms with Gasteiger partial charge in [-0.1, -0.05) is 0 Å². The summed E-state index contributed by atoms with van der Waals surface area (Å²) in [6.07, 6.45) is 1.66. The van der Waals surface area contributed by atoms with Gasteiger partial charge in [-0.2, -0.15) is 0 Å². The summed E-state index contributed by atoms with van der Waals surface area (Å²) in [6, 6.07) is 5.09. The van der Waals surface area contributed by atoms with Crippen LogP contribution >= 0.6 is 0 Å². The summed E-state index contributed by atoms with van der Waals surface area (Å²) in [4.78, 5) is 23.2. The molecule has 4 N–H and O–H groups in total. The van der Waals surface area contributed by atoms with Crippen LogP contribution in [0, 0.1) is 5.41 Å². The maximum atomic E-state index is 12.1. The third-order valence-electron chi connectivity index (χ3n) is 3.50. The standard InChI is InChI=1S/C14H19N3O3/c1-9(18)16-11-4-3-10(7-12(11)20-2)17-13(19)14(8-15)5-6-14/h3-4,7H,5-6,8,15H2,1-2H3,(H,16,18)(H,17,19). The number of benzene rings is 1. The van der Waals surface area contributed by atoms with Crippen molar-refractivity contribution in [3.05, 3.63) is 18.2 Å². The van der Waals surface area contributed by atoms with Gasteiger partial charge in [0.2, 0.25) is 11.8 Å². The lowest BCUT2D eigenvalue weighted by atomic mass is 10.1. The number of amides is 2. The second kappa shape index (κ2) is 5.50. The van der Waals surface area contributed by atoms with Crippen LogP contribution in [0.3, 0.4) is 0 Å². The molecule has 0 unspecified atom stereocenters. The molecule has 1 aliphatic rings. The summed E-state index contributed by atoms with van der Waals surface area (Å²) >= 11 is 0. The van der Waals surface area contributed by atoms with E-state index in [9.17, 15) is 9.59 Å². The van der Waals surface area contributed by atoms with Crippen LogP contribution in [0.2, 0.25) is 0 Å². The van der Waals surface area contributed by atoms with Crippen LogP contribution < -0.4 is 21.1 Å². The van der Waals surface area contributed by atoms with Crippen molar-refractivity contribution in [3.8, 4) is 5.75 Å². The fraction of sp³-hybridized carbons (Fsp3) is 0.429. The predicted molar refractivity (Wildman–Crippen MR) is 76.6 cm³/mol. The van der Waals surface area contributed by atoms with Gasteiger partial charge in [0.1, 0.15) is 5.75 Å². The number of methoxy groups -OCH3 is 1. The van der Waals surface area contributed by atoms with Gasteiger partial charge in [-0.15, -0.1) is 0 Å². The van der Waals surface area contributed by atoms with E-state index in [1.54, 1.807) is 18.2 Å². The van der Waals surface area contributed by atoms with Crippen molar-refractivity contribution in [2.45, 2.75) is 19.8 Å². The molecule has 1 aromatic carbocycles. The summed E-state index contributed by atoms with van der Waals surface area (Å²) in [5.74, 6) is 0.255. The minimum atomic E-state index is -0.399. The molecule has 20 heavy (non-hydrogen) atoms. The van der Waals surface area contributed by atoms with Crippen molar-refractivity contribution in [1.29, 1.82) is 0 Å². The molecule has 2 rings (SSSR count). The molecule has 0 aromatic heterocycles. The van der Waals surface area contributed by atoms with E-state index in [0.29, 0.717) is 23.7 Å². The zero-order valence-electron chi connectivity index (χ0n) is 11.7. The van der Waals surface area contributed by atoms with Crippen LogP contribution in [-0.2, 0) is 9.59 Å². The molecule has 2 amide bonds. The van der Waals surface area contributed by atoms with E-state index in [-0.39, 0.29) is 11.8 Å². The first-order valence-corrected chi connectivity index (χ1v) is 6.48. The molecule has 0 spiro atoms. The Hall–Kier alpha value is -2.08. The molecule has 1 fully saturated rings. The minimum Gasteiger partial charge on any atom is -0.494 e. The number of anilines is 2. The lowest BCUT2D eigenvalue weighted by molar-refractivity contribution is -0.120. The molecular weight excluding hydrogens is 258 g/mol. The molecule has 0 bridgehead atoms. The Balaban J connectivity index is 2.13. The summed E-state index contributed by atoms with van der Waals surface area (Å²) in [6.45, 7) is 1.78. The number of nitrogens with two attached hydrogens (primary N) is 1. The van der Waals surface area contributed by atoms with Crippen molar-refractivity contribution < 1.29 is 14.3 Å². The van der Waals surface area contributed by atoms with E-state index in [1.165, 1.54) is 14.0 Å². The topological polar surface area (TPSA) is 93.4 Å². The second-order valence-electron chi connectivity index (χ2n) is 5.03.